The molecule has 0 spiro atoms. The molecule has 2 aromatic rings. The maximum atomic E-state index is 13.8. The molecular weight excluding hydrogens is 538 g/mol. The van der Waals surface area contributed by atoms with E-state index in [9.17, 15) is 24.3 Å². The van der Waals surface area contributed by atoms with Gasteiger partial charge in [-0.1, -0.05) is 36.4 Å². The largest absolute Gasteiger partial charge is 0.463 e. The van der Waals surface area contributed by atoms with E-state index >= 15 is 0 Å². The summed E-state index contributed by atoms with van der Waals surface area (Å²) in [6.45, 7) is 3.43. The van der Waals surface area contributed by atoms with Crippen LogP contribution in [0.25, 0.3) is 6.08 Å². The first-order chi connectivity index (χ1) is 17.8. The fourth-order valence-corrected chi connectivity index (χ4v) is 6.63. The van der Waals surface area contributed by atoms with Gasteiger partial charge in [0.05, 0.1) is 27.9 Å². The van der Waals surface area contributed by atoms with E-state index < -0.39 is 23.7 Å². The first-order valence-corrected chi connectivity index (χ1v) is 12.8. The minimum Gasteiger partial charge on any atom is -0.463 e. The van der Waals surface area contributed by atoms with Gasteiger partial charge in [-0.05, 0) is 64.5 Å². The molecule has 7 nitrogen and oxygen atoms in total. The number of amides is 2. The standard InChI is InChI=1S/C29H22BrNO6/c1-2-14-3-5-15(6-4-14)31-28(35)18-9-8-17-19(24(18)29(31)36)11-20-25(22(33)12-21(30)27(20)34)26(17)23-10-7-16(13-32)37-23/h2-8,10,12,18-19,24,26,32H,1,9,11,13H2/t18-,19+,24-,26+/m0/s1. The first-order valence-electron chi connectivity index (χ1n) is 12.0. The van der Waals surface area contributed by atoms with Gasteiger partial charge in [0.1, 0.15) is 18.1 Å². The van der Waals surface area contributed by atoms with Crippen LogP contribution in [0.15, 0.2) is 80.7 Å². The minimum atomic E-state index is -0.674. The molecule has 1 aliphatic heterocycles. The number of benzene rings is 1. The molecule has 186 valence electrons. The highest BCUT2D eigenvalue weighted by Gasteiger charge is 2.57. The van der Waals surface area contributed by atoms with E-state index in [1.807, 2.05) is 6.08 Å². The Balaban J connectivity index is 1.45. The van der Waals surface area contributed by atoms with Crippen LogP contribution in [0.4, 0.5) is 5.69 Å². The molecule has 0 saturated carbocycles. The van der Waals surface area contributed by atoms with Gasteiger partial charge >= 0.3 is 0 Å². The third-order valence-corrected chi connectivity index (χ3v) is 8.43. The highest BCUT2D eigenvalue weighted by molar-refractivity contribution is 9.12. The number of aliphatic hydroxyl groups excluding tert-OH is 1. The third-order valence-electron chi connectivity index (χ3n) is 7.84. The van der Waals surface area contributed by atoms with E-state index in [1.54, 1.807) is 42.5 Å². The number of fused-ring (bicyclic) bond motifs is 3. The van der Waals surface area contributed by atoms with Crippen LogP contribution in [0.1, 0.15) is 35.8 Å². The summed E-state index contributed by atoms with van der Waals surface area (Å²) in [5.41, 5.74) is 2.84. The molecule has 1 aromatic carbocycles. The normalized spacial score (nSPS) is 27.0. The number of carbonyl (C=O) groups is 4. The van der Waals surface area contributed by atoms with Gasteiger partial charge in [0.15, 0.2) is 11.6 Å². The topological polar surface area (TPSA) is 105 Å². The quantitative estimate of drug-likeness (QED) is 0.338. The van der Waals surface area contributed by atoms with Crippen molar-refractivity contribution in [2.24, 2.45) is 17.8 Å². The van der Waals surface area contributed by atoms with Crippen molar-refractivity contribution in [3.8, 4) is 0 Å². The van der Waals surface area contributed by atoms with Gasteiger partial charge in [0.25, 0.3) is 0 Å². The molecule has 8 heteroatoms. The van der Waals surface area contributed by atoms with E-state index in [0.717, 1.165) is 11.1 Å². The van der Waals surface area contributed by atoms with Gasteiger partial charge in [0, 0.05) is 17.2 Å². The first kappa shape index (κ1) is 23.8. The number of ketones is 2. The average molecular weight is 560 g/mol. The van der Waals surface area contributed by atoms with Crippen LogP contribution in [-0.4, -0.2) is 28.5 Å². The molecule has 1 saturated heterocycles. The Morgan fingerprint density at radius 1 is 1.05 bits per heavy atom. The van der Waals surface area contributed by atoms with Crippen LogP contribution < -0.4 is 4.90 Å². The Hall–Kier alpha value is -3.62. The van der Waals surface area contributed by atoms with Crippen molar-refractivity contribution in [2.75, 3.05) is 4.90 Å². The summed E-state index contributed by atoms with van der Waals surface area (Å²) in [7, 11) is 0. The Labute approximate surface area is 221 Å². The average Bonchev–Trinajstić information content (AvgIpc) is 3.48. The van der Waals surface area contributed by atoms with Gasteiger partial charge in [-0.2, -0.15) is 0 Å². The molecule has 2 heterocycles. The van der Waals surface area contributed by atoms with Crippen LogP contribution in [0.5, 0.6) is 0 Å². The summed E-state index contributed by atoms with van der Waals surface area (Å²) < 4.78 is 6.03. The van der Waals surface area contributed by atoms with Gasteiger partial charge in [0.2, 0.25) is 11.8 Å². The molecule has 3 aliphatic carbocycles. The molecule has 0 radical (unpaired) electrons. The van der Waals surface area contributed by atoms with E-state index in [4.69, 9.17) is 4.42 Å². The van der Waals surface area contributed by atoms with Crippen molar-refractivity contribution in [2.45, 2.75) is 25.4 Å². The molecule has 1 fully saturated rings. The molecule has 2 amide bonds. The van der Waals surface area contributed by atoms with Crippen LogP contribution >= 0.6 is 15.9 Å². The number of nitrogens with zero attached hydrogens (tertiary/aromatic N) is 1. The predicted octanol–water partition coefficient (Wildman–Crippen LogP) is 4.38. The number of Topliss-reactive ketones (excluding diaryl/α,β-unsaturated/α-hetero) is 1. The number of allylic oxidation sites excluding steroid dienone is 6. The van der Waals surface area contributed by atoms with Gasteiger partial charge in [-0.3, -0.25) is 24.1 Å². The van der Waals surface area contributed by atoms with Crippen molar-refractivity contribution in [1.82, 2.24) is 0 Å². The van der Waals surface area contributed by atoms with Crippen molar-refractivity contribution in [3.05, 3.63) is 93.4 Å². The fraction of sp³-hybridized carbons (Fsp3) is 0.241. The number of aliphatic hydroxyl groups is 1. The van der Waals surface area contributed by atoms with Crippen LogP contribution in [-0.2, 0) is 25.8 Å². The number of anilines is 1. The molecule has 37 heavy (non-hydrogen) atoms. The second kappa shape index (κ2) is 8.75. The zero-order valence-corrected chi connectivity index (χ0v) is 21.2. The molecular formula is C29H22BrNO6. The van der Waals surface area contributed by atoms with Gasteiger partial charge < -0.3 is 9.52 Å². The maximum Gasteiger partial charge on any atom is 0.238 e. The van der Waals surface area contributed by atoms with E-state index in [0.29, 0.717) is 34.8 Å². The number of imide groups is 1. The van der Waals surface area contributed by atoms with Gasteiger partial charge in [-0.15, -0.1) is 0 Å². The lowest BCUT2D eigenvalue weighted by molar-refractivity contribution is -0.123. The zero-order valence-electron chi connectivity index (χ0n) is 19.6. The fourth-order valence-electron chi connectivity index (χ4n) is 6.18. The Morgan fingerprint density at radius 3 is 2.49 bits per heavy atom. The van der Waals surface area contributed by atoms with Crippen molar-refractivity contribution in [1.29, 1.82) is 0 Å². The highest BCUT2D eigenvalue weighted by atomic mass is 79.9. The van der Waals surface area contributed by atoms with Crippen LogP contribution in [0.2, 0.25) is 0 Å². The molecule has 4 atom stereocenters. The molecule has 0 unspecified atom stereocenters. The number of hydrogen-bond acceptors (Lipinski definition) is 6. The third kappa shape index (κ3) is 3.50. The summed E-state index contributed by atoms with van der Waals surface area (Å²) in [5, 5.41) is 9.55. The number of rotatable bonds is 4. The minimum absolute atomic E-state index is 0.169. The zero-order chi connectivity index (χ0) is 26.0. The van der Waals surface area contributed by atoms with Crippen LogP contribution in [0.3, 0.4) is 0 Å². The number of furan rings is 1. The number of halogens is 1. The summed E-state index contributed by atoms with van der Waals surface area (Å²) >= 11 is 3.21. The second-order valence-electron chi connectivity index (χ2n) is 9.66. The summed E-state index contributed by atoms with van der Waals surface area (Å²) in [6, 6.07) is 10.4. The van der Waals surface area contributed by atoms with E-state index in [1.165, 1.54) is 11.0 Å². The Bertz CT molecular complexity index is 1490. The number of carbonyl (C=O) groups excluding carboxylic acids is 4. The highest BCUT2D eigenvalue weighted by Crippen LogP contribution is 2.55. The second-order valence-corrected chi connectivity index (χ2v) is 10.5. The Morgan fingerprint density at radius 2 is 1.81 bits per heavy atom. The van der Waals surface area contributed by atoms with E-state index in [2.05, 4.69) is 22.5 Å². The molecule has 1 aromatic heterocycles. The summed E-state index contributed by atoms with van der Waals surface area (Å²) in [5.74, 6) is -2.75. The monoisotopic (exact) mass is 559 g/mol. The van der Waals surface area contributed by atoms with Crippen molar-refractivity contribution >= 4 is 51.1 Å². The SMILES string of the molecule is C=Cc1ccc(N2C(=O)[C@H]3[C@H](CC=C4[C@H](c5ccc(CO)o5)C5=C(C[C@H]43)C(=O)C(Br)=CC5=O)C2=O)cc1. The van der Waals surface area contributed by atoms with Crippen LogP contribution in [0, 0.1) is 17.8 Å². The molecule has 0 bridgehead atoms. The lowest BCUT2D eigenvalue weighted by Gasteiger charge is -2.41. The van der Waals surface area contributed by atoms with Gasteiger partial charge in [-0.25, -0.2) is 0 Å². The molecule has 1 N–H and O–H groups in total. The lowest BCUT2D eigenvalue weighted by atomic mass is 9.60. The molecule has 6 rings (SSSR count). The predicted molar refractivity (Wildman–Crippen MR) is 138 cm³/mol. The maximum absolute atomic E-state index is 13.8. The summed E-state index contributed by atoms with van der Waals surface area (Å²) in [4.78, 5) is 55.0. The van der Waals surface area contributed by atoms with E-state index in [-0.39, 0.29) is 40.9 Å². The lowest BCUT2D eigenvalue weighted by Crippen LogP contribution is -2.39. The molecule has 4 aliphatic rings. The smallest absolute Gasteiger partial charge is 0.238 e. The van der Waals surface area contributed by atoms with Crippen molar-refractivity contribution < 1.29 is 28.7 Å². The summed E-state index contributed by atoms with van der Waals surface area (Å²) in [6.07, 6.45) is 5.42. The Kier molecular flexibility index (Phi) is 5.62. The van der Waals surface area contributed by atoms with Crippen molar-refractivity contribution in [3.63, 3.8) is 0 Å². The number of hydrogen-bond donors (Lipinski definition) is 1.